The Kier molecular flexibility index (Phi) is 3.70. The molecule has 0 aliphatic heterocycles. The quantitative estimate of drug-likeness (QED) is 0.691. The van der Waals surface area contributed by atoms with E-state index in [1.165, 1.54) is 0 Å². The van der Waals surface area contributed by atoms with E-state index in [4.69, 9.17) is 10.5 Å². The zero-order valence-electron chi connectivity index (χ0n) is 12.6. The third-order valence-electron chi connectivity index (χ3n) is 3.56. The zero-order valence-corrected chi connectivity index (χ0v) is 12.6. The highest BCUT2D eigenvalue weighted by Crippen LogP contribution is 2.27. The molecular formula is C17H18N4O. The fourth-order valence-electron chi connectivity index (χ4n) is 2.36. The molecule has 0 aliphatic rings. The predicted molar refractivity (Wildman–Crippen MR) is 90.7 cm³/mol. The highest BCUT2D eigenvalue weighted by atomic mass is 16.5. The molecule has 0 saturated heterocycles. The molecule has 1 aromatic carbocycles. The van der Waals surface area contributed by atoms with Crippen molar-refractivity contribution in [1.82, 2.24) is 9.97 Å². The summed E-state index contributed by atoms with van der Waals surface area (Å²) in [5.41, 5.74) is 9.86. The van der Waals surface area contributed by atoms with E-state index in [1.54, 1.807) is 13.3 Å². The fourth-order valence-corrected chi connectivity index (χ4v) is 2.36. The molecule has 22 heavy (non-hydrogen) atoms. The molecule has 2 aromatic heterocycles. The van der Waals surface area contributed by atoms with Gasteiger partial charge in [0.1, 0.15) is 11.6 Å². The Morgan fingerprint density at radius 1 is 1.32 bits per heavy atom. The number of fused-ring (bicyclic) bond motifs is 1. The lowest BCUT2D eigenvalue weighted by Crippen LogP contribution is -1.96. The lowest BCUT2D eigenvalue weighted by molar-refractivity contribution is 0.415. The van der Waals surface area contributed by atoms with Crippen molar-refractivity contribution in [1.29, 1.82) is 0 Å². The van der Waals surface area contributed by atoms with Crippen molar-refractivity contribution in [3.63, 3.8) is 0 Å². The van der Waals surface area contributed by atoms with Crippen LogP contribution in [-0.2, 0) is 0 Å². The Morgan fingerprint density at radius 3 is 2.86 bits per heavy atom. The SMILES string of the molecule is CNc1ccc(/C=C(\N)c2c[nH]c3ccc(OC)cc23)cn1. The maximum absolute atomic E-state index is 6.26. The van der Waals surface area contributed by atoms with Crippen molar-refractivity contribution in [3.05, 3.63) is 53.9 Å². The van der Waals surface area contributed by atoms with Crippen LogP contribution in [0.15, 0.2) is 42.7 Å². The molecule has 0 amide bonds. The molecule has 0 aliphatic carbocycles. The van der Waals surface area contributed by atoms with E-state index in [0.29, 0.717) is 5.70 Å². The minimum absolute atomic E-state index is 0.679. The monoisotopic (exact) mass is 294 g/mol. The Morgan fingerprint density at radius 2 is 2.18 bits per heavy atom. The summed E-state index contributed by atoms with van der Waals surface area (Å²) in [6.07, 6.45) is 5.61. The Labute approximate surface area is 128 Å². The predicted octanol–water partition coefficient (Wildman–Crippen LogP) is 3.07. The summed E-state index contributed by atoms with van der Waals surface area (Å²) in [4.78, 5) is 7.50. The summed E-state index contributed by atoms with van der Waals surface area (Å²) in [6.45, 7) is 0. The Balaban J connectivity index is 1.99. The Bertz CT molecular complexity index is 818. The molecule has 0 radical (unpaired) electrons. The van der Waals surface area contributed by atoms with E-state index >= 15 is 0 Å². The molecule has 0 saturated carbocycles. The van der Waals surface area contributed by atoms with E-state index < -0.39 is 0 Å². The average Bonchev–Trinajstić information content (AvgIpc) is 2.98. The number of nitrogens with one attached hydrogen (secondary N) is 2. The number of rotatable bonds is 4. The van der Waals surface area contributed by atoms with Crippen LogP contribution in [0.4, 0.5) is 5.82 Å². The van der Waals surface area contributed by atoms with Crippen LogP contribution in [0, 0.1) is 0 Å². The van der Waals surface area contributed by atoms with Gasteiger partial charge in [0.25, 0.3) is 0 Å². The number of ether oxygens (including phenoxy) is 1. The molecule has 5 nitrogen and oxygen atoms in total. The minimum Gasteiger partial charge on any atom is -0.497 e. The first-order valence-corrected chi connectivity index (χ1v) is 6.97. The third kappa shape index (κ3) is 2.61. The number of anilines is 1. The van der Waals surface area contributed by atoms with Crippen LogP contribution >= 0.6 is 0 Å². The number of aromatic amines is 1. The van der Waals surface area contributed by atoms with Crippen LogP contribution in [-0.4, -0.2) is 24.1 Å². The molecule has 5 heteroatoms. The average molecular weight is 294 g/mol. The van der Waals surface area contributed by atoms with Crippen LogP contribution in [0.5, 0.6) is 5.75 Å². The molecule has 0 spiro atoms. The van der Waals surface area contributed by atoms with Crippen LogP contribution in [0.25, 0.3) is 22.7 Å². The van der Waals surface area contributed by atoms with Crippen molar-refractivity contribution < 1.29 is 4.74 Å². The van der Waals surface area contributed by atoms with Crippen molar-refractivity contribution in [3.8, 4) is 5.75 Å². The topological polar surface area (TPSA) is 76.0 Å². The van der Waals surface area contributed by atoms with Crippen LogP contribution < -0.4 is 15.8 Å². The largest absolute Gasteiger partial charge is 0.497 e. The lowest BCUT2D eigenvalue weighted by atomic mass is 10.1. The van der Waals surface area contributed by atoms with Crippen LogP contribution in [0.2, 0.25) is 0 Å². The highest BCUT2D eigenvalue weighted by Gasteiger charge is 2.07. The van der Waals surface area contributed by atoms with E-state index in [-0.39, 0.29) is 0 Å². The number of methoxy groups -OCH3 is 1. The molecular weight excluding hydrogens is 276 g/mol. The molecule has 0 bridgehead atoms. The molecule has 0 atom stereocenters. The first-order chi connectivity index (χ1) is 10.7. The standard InChI is InChI=1S/C17H18N4O/c1-19-17-6-3-11(9-21-17)7-15(18)14-10-20-16-5-4-12(22-2)8-13(14)16/h3-10,20H,18H2,1-2H3,(H,19,21)/b15-7-. The number of pyridine rings is 1. The second kappa shape index (κ2) is 5.81. The molecule has 3 rings (SSSR count). The van der Waals surface area contributed by atoms with Gasteiger partial charge in [-0.3, -0.25) is 0 Å². The Hall–Kier alpha value is -2.95. The van der Waals surface area contributed by atoms with Crippen LogP contribution in [0.1, 0.15) is 11.1 Å². The highest BCUT2D eigenvalue weighted by molar-refractivity contribution is 5.96. The van der Waals surface area contributed by atoms with Gasteiger partial charge < -0.3 is 20.8 Å². The molecule has 2 heterocycles. The van der Waals surface area contributed by atoms with E-state index in [1.807, 2.05) is 49.7 Å². The van der Waals surface area contributed by atoms with Gasteiger partial charge in [-0.05, 0) is 42.0 Å². The number of hydrogen-bond donors (Lipinski definition) is 3. The minimum atomic E-state index is 0.679. The molecule has 0 fully saturated rings. The first kappa shape index (κ1) is 14.0. The van der Waals surface area contributed by atoms with Crippen molar-refractivity contribution >= 4 is 28.5 Å². The van der Waals surface area contributed by atoms with Crippen molar-refractivity contribution in [2.24, 2.45) is 5.73 Å². The van der Waals surface area contributed by atoms with E-state index in [2.05, 4.69) is 15.3 Å². The number of benzene rings is 1. The van der Waals surface area contributed by atoms with Crippen LogP contribution in [0.3, 0.4) is 0 Å². The summed E-state index contributed by atoms with van der Waals surface area (Å²) < 4.78 is 5.28. The maximum atomic E-state index is 6.26. The number of aromatic nitrogens is 2. The van der Waals surface area contributed by atoms with Gasteiger partial charge in [0.15, 0.2) is 0 Å². The summed E-state index contributed by atoms with van der Waals surface area (Å²) in [5, 5.41) is 4.03. The molecule has 4 N–H and O–H groups in total. The first-order valence-electron chi connectivity index (χ1n) is 6.97. The van der Waals surface area contributed by atoms with Gasteiger partial charge >= 0.3 is 0 Å². The van der Waals surface area contributed by atoms with Gasteiger partial charge in [-0.2, -0.15) is 0 Å². The van der Waals surface area contributed by atoms with Gasteiger partial charge in [0.05, 0.1) is 7.11 Å². The summed E-state index contributed by atoms with van der Waals surface area (Å²) in [6, 6.07) is 9.76. The molecule has 3 aromatic rings. The second-order valence-electron chi connectivity index (χ2n) is 4.94. The van der Waals surface area contributed by atoms with Gasteiger partial charge in [0, 0.05) is 41.6 Å². The van der Waals surface area contributed by atoms with Crippen molar-refractivity contribution in [2.75, 3.05) is 19.5 Å². The van der Waals surface area contributed by atoms with Gasteiger partial charge in [-0.25, -0.2) is 4.98 Å². The fraction of sp³-hybridized carbons (Fsp3) is 0.118. The van der Waals surface area contributed by atoms with Gasteiger partial charge in [-0.1, -0.05) is 0 Å². The summed E-state index contributed by atoms with van der Waals surface area (Å²) in [5.74, 6) is 1.63. The van der Waals surface area contributed by atoms with E-state index in [9.17, 15) is 0 Å². The number of nitrogens with two attached hydrogens (primary N) is 1. The smallest absolute Gasteiger partial charge is 0.125 e. The van der Waals surface area contributed by atoms with Gasteiger partial charge in [-0.15, -0.1) is 0 Å². The summed E-state index contributed by atoms with van der Waals surface area (Å²) >= 11 is 0. The molecule has 0 unspecified atom stereocenters. The van der Waals surface area contributed by atoms with E-state index in [0.717, 1.165) is 33.6 Å². The number of H-pyrrole nitrogens is 1. The van der Waals surface area contributed by atoms with Crippen molar-refractivity contribution in [2.45, 2.75) is 0 Å². The maximum Gasteiger partial charge on any atom is 0.125 e. The zero-order chi connectivity index (χ0) is 15.5. The lowest BCUT2D eigenvalue weighted by Gasteiger charge is -2.03. The van der Waals surface area contributed by atoms with Gasteiger partial charge in [0.2, 0.25) is 0 Å². The normalized spacial score (nSPS) is 11.6. The second-order valence-corrected chi connectivity index (χ2v) is 4.94. The third-order valence-corrected chi connectivity index (χ3v) is 3.56. The number of hydrogen-bond acceptors (Lipinski definition) is 4. The number of nitrogens with zero attached hydrogens (tertiary/aromatic N) is 1. The molecule has 112 valence electrons. The summed E-state index contributed by atoms with van der Waals surface area (Å²) in [7, 11) is 3.49.